The smallest absolute Gasteiger partial charge is 0.306 e. The maximum absolute atomic E-state index is 11.6. The SMILES string of the molecule is COCC(C)NC(N)=NCCCC(=O)OC1CCCC1. The summed E-state index contributed by atoms with van der Waals surface area (Å²) in [4.78, 5) is 15.7. The van der Waals surface area contributed by atoms with Gasteiger partial charge in [0.05, 0.1) is 6.61 Å². The maximum atomic E-state index is 11.6. The van der Waals surface area contributed by atoms with Gasteiger partial charge in [-0.15, -0.1) is 0 Å². The molecule has 1 saturated carbocycles. The van der Waals surface area contributed by atoms with Crippen LogP contribution in [0.4, 0.5) is 0 Å². The van der Waals surface area contributed by atoms with Crippen molar-refractivity contribution in [1.82, 2.24) is 5.32 Å². The third-order valence-electron chi connectivity index (χ3n) is 3.23. The van der Waals surface area contributed by atoms with Crippen LogP contribution in [0.25, 0.3) is 0 Å². The molecule has 0 amide bonds. The van der Waals surface area contributed by atoms with Gasteiger partial charge >= 0.3 is 5.97 Å². The molecule has 1 aliphatic rings. The number of nitrogens with two attached hydrogens (primary N) is 1. The van der Waals surface area contributed by atoms with Crippen molar-refractivity contribution >= 4 is 11.9 Å². The standard InChI is InChI=1S/C14H27N3O3/c1-11(10-19-2)17-14(15)16-9-5-8-13(18)20-12-6-3-4-7-12/h11-12H,3-10H2,1-2H3,(H3,15,16,17). The number of nitrogens with one attached hydrogen (secondary N) is 1. The van der Waals surface area contributed by atoms with Gasteiger partial charge in [-0.1, -0.05) is 0 Å². The fourth-order valence-electron chi connectivity index (χ4n) is 2.26. The van der Waals surface area contributed by atoms with Crippen LogP contribution in [0.15, 0.2) is 4.99 Å². The summed E-state index contributed by atoms with van der Waals surface area (Å²) in [5, 5.41) is 3.01. The summed E-state index contributed by atoms with van der Waals surface area (Å²) in [5.74, 6) is 0.269. The predicted molar refractivity (Wildman–Crippen MR) is 78.5 cm³/mol. The Labute approximate surface area is 121 Å². The molecule has 3 N–H and O–H groups in total. The third kappa shape index (κ3) is 7.33. The number of aliphatic imine (C=N–C) groups is 1. The second-order valence-corrected chi connectivity index (χ2v) is 5.27. The first-order chi connectivity index (χ1) is 9.61. The van der Waals surface area contributed by atoms with E-state index in [1.54, 1.807) is 7.11 Å². The minimum Gasteiger partial charge on any atom is -0.462 e. The number of hydrogen-bond acceptors (Lipinski definition) is 4. The van der Waals surface area contributed by atoms with Crippen LogP contribution in [-0.4, -0.2) is 44.3 Å². The highest BCUT2D eigenvalue weighted by atomic mass is 16.5. The average Bonchev–Trinajstić information content (AvgIpc) is 2.87. The molecule has 1 fully saturated rings. The van der Waals surface area contributed by atoms with Crippen LogP contribution in [0, 0.1) is 0 Å². The van der Waals surface area contributed by atoms with Gasteiger partial charge in [-0.25, -0.2) is 0 Å². The van der Waals surface area contributed by atoms with Crippen LogP contribution in [-0.2, 0) is 14.3 Å². The van der Waals surface area contributed by atoms with Crippen LogP contribution >= 0.6 is 0 Å². The van der Waals surface area contributed by atoms with Crippen LogP contribution in [0.2, 0.25) is 0 Å². The van der Waals surface area contributed by atoms with Crippen LogP contribution in [0.1, 0.15) is 45.4 Å². The van der Waals surface area contributed by atoms with E-state index in [1.165, 1.54) is 12.8 Å². The molecule has 0 aromatic heterocycles. The fraction of sp³-hybridized carbons (Fsp3) is 0.857. The molecule has 0 radical (unpaired) electrons. The lowest BCUT2D eigenvalue weighted by Gasteiger charge is -2.13. The van der Waals surface area contributed by atoms with Crippen LogP contribution < -0.4 is 11.1 Å². The van der Waals surface area contributed by atoms with E-state index < -0.39 is 0 Å². The molecule has 6 heteroatoms. The number of guanidine groups is 1. The van der Waals surface area contributed by atoms with Gasteiger partial charge in [0.25, 0.3) is 0 Å². The molecule has 0 saturated heterocycles. The third-order valence-corrected chi connectivity index (χ3v) is 3.23. The van der Waals surface area contributed by atoms with E-state index in [2.05, 4.69) is 10.3 Å². The average molecular weight is 285 g/mol. The largest absolute Gasteiger partial charge is 0.462 e. The molecule has 0 bridgehead atoms. The minimum absolute atomic E-state index is 0.119. The van der Waals surface area contributed by atoms with Gasteiger partial charge in [-0.2, -0.15) is 0 Å². The molecule has 1 unspecified atom stereocenters. The number of methoxy groups -OCH3 is 1. The lowest BCUT2D eigenvalue weighted by Crippen LogP contribution is -2.40. The van der Waals surface area contributed by atoms with E-state index >= 15 is 0 Å². The quantitative estimate of drug-likeness (QED) is 0.303. The summed E-state index contributed by atoms with van der Waals surface area (Å²) in [6.45, 7) is 3.06. The molecular weight excluding hydrogens is 258 g/mol. The molecule has 20 heavy (non-hydrogen) atoms. The van der Waals surface area contributed by atoms with E-state index in [-0.39, 0.29) is 18.1 Å². The predicted octanol–water partition coefficient (Wildman–Crippen LogP) is 1.19. The van der Waals surface area contributed by atoms with Gasteiger partial charge in [0.1, 0.15) is 6.10 Å². The highest BCUT2D eigenvalue weighted by Gasteiger charge is 2.18. The number of rotatable bonds is 8. The van der Waals surface area contributed by atoms with Gasteiger partial charge in [0.2, 0.25) is 0 Å². The Morgan fingerprint density at radius 1 is 1.45 bits per heavy atom. The number of nitrogens with zero attached hydrogens (tertiary/aromatic N) is 1. The summed E-state index contributed by atoms with van der Waals surface area (Å²) >= 11 is 0. The van der Waals surface area contributed by atoms with Gasteiger partial charge in [0.15, 0.2) is 5.96 Å². The second-order valence-electron chi connectivity index (χ2n) is 5.27. The summed E-state index contributed by atoms with van der Waals surface area (Å²) < 4.78 is 10.4. The molecule has 116 valence electrons. The van der Waals surface area contributed by atoms with Crippen molar-refractivity contribution in [2.24, 2.45) is 10.7 Å². The molecule has 0 spiro atoms. The zero-order valence-electron chi connectivity index (χ0n) is 12.6. The number of ether oxygens (including phenoxy) is 2. The number of hydrogen-bond donors (Lipinski definition) is 2. The summed E-state index contributed by atoms with van der Waals surface area (Å²) in [5.41, 5.74) is 5.72. The minimum atomic E-state index is -0.119. The van der Waals surface area contributed by atoms with Crippen molar-refractivity contribution in [3.63, 3.8) is 0 Å². The Balaban J connectivity index is 2.08. The van der Waals surface area contributed by atoms with E-state index in [9.17, 15) is 4.79 Å². The Morgan fingerprint density at radius 3 is 2.80 bits per heavy atom. The van der Waals surface area contributed by atoms with E-state index in [0.29, 0.717) is 32.0 Å². The van der Waals surface area contributed by atoms with Gasteiger partial charge in [-0.3, -0.25) is 9.79 Å². The van der Waals surface area contributed by atoms with Crippen molar-refractivity contribution in [3.05, 3.63) is 0 Å². The fourth-order valence-corrected chi connectivity index (χ4v) is 2.26. The monoisotopic (exact) mass is 285 g/mol. The Kier molecular flexibility index (Phi) is 8.02. The summed E-state index contributed by atoms with van der Waals surface area (Å²) in [7, 11) is 1.64. The van der Waals surface area contributed by atoms with Crippen molar-refractivity contribution in [2.75, 3.05) is 20.3 Å². The summed E-state index contributed by atoms with van der Waals surface area (Å²) in [6, 6.07) is 0.121. The highest BCUT2D eigenvalue weighted by molar-refractivity contribution is 5.78. The zero-order chi connectivity index (χ0) is 14.8. The second kappa shape index (κ2) is 9.58. The zero-order valence-corrected chi connectivity index (χ0v) is 12.6. The lowest BCUT2D eigenvalue weighted by molar-refractivity contribution is -0.148. The van der Waals surface area contributed by atoms with Crippen LogP contribution in [0.5, 0.6) is 0 Å². The maximum Gasteiger partial charge on any atom is 0.306 e. The first-order valence-corrected chi connectivity index (χ1v) is 7.36. The van der Waals surface area contributed by atoms with Crippen molar-refractivity contribution in [2.45, 2.75) is 57.6 Å². The van der Waals surface area contributed by atoms with Gasteiger partial charge in [0, 0.05) is 26.1 Å². The lowest BCUT2D eigenvalue weighted by atomic mass is 10.3. The highest BCUT2D eigenvalue weighted by Crippen LogP contribution is 2.21. The van der Waals surface area contributed by atoms with Gasteiger partial charge in [-0.05, 0) is 39.0 Å². The number of carbonyl (C=O) groups is 1. The van der Waals surface area contributed by atoms with E-state index in [1.807, 2.05) is 6.92 Å². The molecule has 0 aromatic carbocycles. The molecular formula is C14H27N3O3. The molecule has 1 atom stereocenters. The first kappa shape index (κ1) is 16.8. The number of esters is 1. The van der Waals surface area contributed by atoms with Crippen molar-refractivity contribution < 1.29 is 14.3 Å². The molecule has 0 aromatic rings. The molecule has 1 rings (SSSR count). The van der Waals surface area contributed by atoms with E-state index in [0.717, 1.165) is 12.8 Å². The number of carbonyl (C=O) groups excluding carboxylic acids is 1. The van der Waals surface area contributed by atoms with Crippen molar-refractivity contribution in [1.29, 1.82) is 0 Å². The Morgan fingerprint density at radius 2 is 2.15 bits per heavy atom. The Hall–Kier alpha value is -1.30. The molecule has 1 aliphatic carbocycles. The first-order valence-electron chi connectivity index (χ1n) is 7.36. The Bertz CT molecular complexity index is 315. The van der Waals surface area contributed by atoms with Crippen LogP contribution in [0.3, 0.4) is 0 Å². The van der Waals surface area contributed by atoms with Gasteiger partial charge < -0.3 is 20.5 Å². The van der Waals surface area contributed by atoms with Crippen molar-refractivity contribution in [3.8, 4) is 0 Å². The topological polar surface area (TPSA) is 85.9 Å². The normalized spacial score (nSPS) is 18.0. The molecule has 0 heterocycles. The summed E-state index contributed by atoms with van der Waals surface area (Å²) in [6.07, 6.45) is 5.57. The molecule has 6 nitrogen and oxygen atoms in total. The molecule has 0 aliphatic heterocycles. The van der Waals surface area contributed by atoms with E-state index in [4.69, 9.17) is 15.2 Å².